The van der Waals surface area contributed by atoms with Crippen LogP contribution in [-0.2, 0) is 14.9 Å². The Morgan fingerprint density at radius 3 is 2.09 bits per heavy atom. The Balaban J connectivity index is 2.36. The van der Waals surface area contributed by atoms with Gasteiger partial charge in [-0.2, -0.15) is 13.1 Å². The molecule has 4 nitrogen and oxygen atoms in total. The molecule has 1 fully saturated rings. The zero-order valence-corrected chi connectivity index (χ0v) is 7.06. The van der Waals surface area contributed by atoms with Crippen molar-refractivity contribution in [1.29, 1.82) is 0 Å². The van der Waals surface area contributed by atoms with E-state index in [1.54, 1.807) is 0 Å². The Morgan fingerprint density at radius 1 is 1.09 bits per heavy atom. The second-order valence-electron chi connectivity index (χ2n) is 2.91. The predicted octanol–water partition coefficient (Wildman–Crippen LogP) is 0.584. The Morgan fingerprint density at radius 2 is 1.64 bits per heavy atom. The summed E-state index contributed by atoms with van der Waals surface area (Å²) in [6.07, 6.45) is 4.81. The molecule has 1 N–H and O–H groups in total. The number of nitrogens with one attached hydrogen (secondary N) is 1. The van der Waals surface area contributed by atoms with Crippen LogP contribution in [0, 0.1) is 0 Å². The van der Waals surface area contributed by atoms with Gasteiger partial charge in [-0.15, -0.1) is 0 Å². The van der Waals surface area contributed by atoms with E-state index in [1.165, 1.54) is 0 Å². The molecule has 0 aromatic heterocycles. The van der Waals surface area contributed by atoms with Crippen molar-refractivity contribution in [3.8, 4) is 0 Å². The van der Waals surface area contributed by atoms with Crippen LogP contribution in [0.3, 0.4) is 0 Å². The second kappa shape index (κ2) is 3.51. The number of hydrogen-bond donors (Lipinski definition) is 1. The van der Waals surface area contributed by atoms with Crippen LogP contribution in [0.4, 0.5) is 0 Å². The fraction of sp³-hybridized carbons (Fsp3) is 1.00. The highest BCUT2D eigenvalue weighted by molar-refractivity contribution is 7.83. The van der Waals surface area contributed by atoms with E-state index in [1.807, 2.05) is 0 Å². The lowest BCUT2D eigenvalue weighted by Crippen LogP contribution is -2.34. The molecular formula is C6H12NO3S. The molecule has 1 aliphatic rings. The van der Waals surface area contributed by atoms with Crippen LogP contribution in [0.1, 0.15) is 32.1 Å². The third kappa shape index (κ3) is 3.69. The Labute approximate surface area is 66.9 Å². The zero-order chi connectivity index (χ0) is 8.32. The van der Waals surface area contributed by atoms with Crippen LogP contribution in [0.15, 0.2) is 0 Å². The molecule has 1 rings (SSSR count). The van der Waals surface area contributed by atoms with Gasteiger partial charge in [-0.25, -0.2) is 0 Å². The fourth-order valence-electron chi connectivity index (χ4n) is 1.42. The smallest absolute Gasteiger partial charge is 0.187 e. The summed E-state index contributed by atoms with van der Waals surface area (Å²) in [7, 11) is -4.22. The van der Waals surface area contributed by atoms with E-state index in [0.717, 1.165) is 32.1 Å². The van der Waals surface area contributed by atoms with Crippen molar-refractivity contribution in [3.05, 3.63) is 0 Å². The van der Waals surface area contributed by atoms with Gasteiger partial charge in [0.25, 0.3) is 0 Å². The zero-order valence-electron chi connectivity index (χ0n) is 6.25. The molecule has 0 aromatic carbocycles. The van der Waals surface area contributed by atoms with Crippen molar-refractivity contribution in [2.45, 2.75) is 38.1 Å². The minimum Gasteiger partial charge on any atom is -0.187 e. The maximum Gasteiger partial charge on any atom is 0.363 e. The van der Waals surface area contributed by atoms with Crippen molar-refractivity contribution in [3.63, 3.8) is 0 Å². The van der Waals surface area contributed by atoms with Gasteiger partial charge < -0.3 is 0 Å². The minimum atomic E-state index is -4.22. The van der Waals surface area contributed by atoms with Crippen molar-refractivity contribution in [1.82, 2.24) is 4.72 Å². The summed E-state index contributed by atoms with van der Waals surface area (Å²) >= 11 is 0. The molecule has 0 unspecified atom stereocenters. The van der Waals surface area contributed by atoms with E-state index in [0.29, 0.717) is 0 Å². The summed E-state index contributed by atoms with van der Waals surface area (Å²) in [4.78, 5) is 0. The second-order valence-corrected chi connectivity index (χ2v) is 4.05. The van der Waals surface area contributed by atoms with Crippen LogP contribution in [-0.4, -0.2) is 14.5 Å². The molecule has 1 aliphatic carbocycles. The lowest BCUT2D eigenvalue weighted by Gasteiger charge is -2.20. The Bertz CT molecular complexity index is 206. The molecular weight excluding hydrogens is 166 g/mol. The van der Waals surface area contributed by atoms with Crippen molar-refractivity contribution >= 4 is 10.3 Å². The monoisotopic (exact) mass is 178 g/mol. The first-order chi connectivity index (χ1) is 5.08. The van der Waals surface area contributed by atoms with E-state index < -0.39 is 10.3 Å². The third-order valence-corrected chi connectivity index (χ3v) is 2.54. The van der Waals surface area contributed by atoms with E-state index in [-0.39, 0.29) is 6.04 Å². The molecule has 0 atom stereocenters. The molecule has 0 amide bonds. The van der Waals surface area contributed by atoms with Gasteiger partial charge in [-0.3, -0.25) is 0 Å². The molecule has 0 aliphatic heterocycles. The van der Waals surface area contributed by atoms with Crippen LogP contribution in [0.25, 0.3) is 0 Å². The minimum absolute atomic E-state index is 0.105. The number of rotatable bonds is 2. The van der Waals surface area contributed by atoms with E-state index in [2.05, 4.69) is 4.72 Å². The first kappa shape index (κ1) is 8.96. The molecule has 65 valence electrons. The van der Waals surface area contributed by atoms with Crippen LogP contribution in [0.2, 0.25) is 0 Å². The van der Waals surface area contributed by atoms with Gasteiger partial charge >= 0.3 is 10.3 Å². The first-order valence-corrected chi connectivity index (χ1v) is 5.22. The maximum atomic E-state index is 10.2. The lowest BCUT2D eigenvalue weighted by atomic mass is 9.96. The normalized spacial score (nSPS) is 21.9. The van der Waals surface area contributed by atoms with Crippen LogP contribution in [0.5, 0.6) is 0 Å². The summed E-state index contributed by atoms with van der Waals surface area (Å²) in [5, 5.41) is 0. The Kier molecular flexibility index (Phi) is 2.86. The topological polar surface area (TPSA) is 66.1 Å². The van der Waals surface area contributed by atoms with E-state index in [4.69, 9.17) is 0 Å². The van der Waals surface area contributed by atoms with Gasteiger partial charge in [0, 0.05) is 6.04 Å². The molecule has 11 heavy (non-hydrogen) atoms. The summed E-state index contributed by atoms with van der Waals surface area (Å²) < 4.78 is 32.8. The first-order valence-electron chi connectivity index (χ1n) is 3.81. The van der Waals surface area contributed by atoms with Crippen LogP contribution < -0.4 is 4.72 Å². The third-order valence-electron chi connectivity index (χ3n) is 1.92. The average molecular weight is 178 g/mol. The molecule has 1 radical (unpaired) electrons. The SMILES string of the molecule is [O]S(=O)(=O)NC1CCCCC1. The average Bonchev–Trinajstić information content (AvgIpc) is 1.85. The quantitative estimate of drug-likeness (QED) is 0.672. The van der Waals surface area contributed by atoms with Gasteiger partial charge in [-0.1, -0.05) is 23.8 Å². The van der Waals surface area contributed by atoms with Crippen molar-refractivity contribution in [2.24, 2.45) is 0 Å². The molecule has 0 spiro atoms. The van der Waals surface area contributed by atoms with E-state index >= 15 is 0 Å². The molecule has 5 heteroatoms. The Hall–Kier alpha value is -0.130. The standard InChI is InChI=1S/C6H12NO3S/c8-11(9,10)7-6-4-2-1-3-5-6/h6-7H,1-5H2. The van der Waals surface area contributed by atoms with Gasteiger partial charge in [0.1, 0.15) is 0 Å². The molecule has 0 bridgehead atoms. The summed E-state index contributed by atoms with van der Waals surface area (Å²) in [6, 6.07) is -0.105. The summed E-state index contributed by atoms with van der Waals surface area (Å²) in [5.41, 5.74) is 0. The maximum absolute atomic E-state index is 10.2. The number of hydrogen-bond acceptors (Lipinski definition) is 2. The summed E-state index contributed by atoms with van der Waals surface area (Å²) in [6.45, 7) is 0. The lowest BCUT2D eigenvalue weighted by molar-refractivity contribution is 0.361. The van der Waals surface area contributed by atoms with E-state index in [9.17, 15) is 13.0 Å². The highest BCUT2D eigenvalue weighted by atomic mass is 32.2. The van der Waals surface area contributed by atoms with Crippen molar-refractivity contribution < 1.29 is 13.0 Å². The molecule has 0 heterocycles. The highest BCUT2D eigenvalue weighted by Crippen LogP contribution is 2.17. The van der Waals surface area contributed by atoms with Crippen LogP contribution >= 0.6 is 0 Å². The highest BCUT2D eigenvalue weighted by Gasteiger charge is 2.18. The largest absolute Gasteiger partial charge is 0.363 e. The molecule has 0 aromatic rings. The van der Waals surface area contributed by atoms with Gasteiger partial charge in [0.15, 0.2) is 0 Å². The summed E-state index contributed by atoms with van der Waals surface area (Å²) in [5.74, 6) is 0. The predicted molar refractivity (Wildman–Crippen MR) is 39.6 cm³/mol. The van der Waals surface area contributed by atoms with Crippen molar-refractivity contribution in [2.75, 3.05) is 0 Å². The fourth-order valence-corrected chi connectivity index (χ4v) is 2.07. The van der Waals surface area contributed by atoms with Gasteiger partial charge in [0.05, 0.1) is 0 Å². The van der Waals surface area contributed by atoms with Gasteiger partial charge in [0.2, 0.25) is 0 Å². The molecule has 0 saturated heterocycles. The van der Waals surface area contributed by atoms with Gasteiger partial charge in [-0.05, 0) is 12.8 Å². The molecule has 1 saturated carbocycles.